The van der Waals surface area contributed by atoms with Gasteiger partial charge in [-0.2, -0.15) is 10.5 Å². The van der Waals surface area contributed by atoms with Crippen molar-refractivity contribution < 1.29 is 4.42 Å². The summed E-state index contributed by atoms with van der Waals surface area (Å²) >= 11 is 0. The molecule has 2 aromatic heterocycles. The number of nitrogens with zero attached hydrogens (tertiary/aromatic N) is 5. The Morgan fingerprint density at radius 3 is 1.25 bits per heavy atom. The lowest BCUT2D eigenvalue weighted by Crippen LogP contribution is -2.44. The van der Waals surface area contributed by atoms with Crippen LogP contribution in [0, 0.1) is 58.2 Å². The third kappa shape index (κ3) is 7.22. The van der Waals surface area contributed by atoms with Crippen LogP contribution in [-0.4, -0.2) is 15.0 Å². The van der Waals surface area contributed by atoms with Crippen molar-refractivity contribution in [3.05, 3.63) is 125 Å². The Bertz CT molecular complexity index is 2810. The molecular formula is C57H55N5O. The van der Waals surface area contributed by atoms with Gasteiger partial charge in [-0.15, -0.1) is 0 Å². The van der Waals surface area contributed by atoms with Gasteiger partial charge in [0, 0.05) is 27.5 Å². The summed E-state index contributed by atoms with van der Waals surface area (Å²) < 4.78 is 6.80. The van der Waals surface area contributed by atoms with E-state index in [-0.39, 0.29) is 10.8 Å². The SMILES string of the molecule is C[C@@H]1C[C@@H]2C[C@H](C)CC(c3cc(-c4ccc5c(c4)oc4cc(-c6nc(-c7ccc(C#N)cc7)nc(-c7ccc(C#N)cc7)n6)ccc45)cc(C45C[C@H](C)C[C@H](C[C@H](C)C4)C5)c3)(C1)C2. The van der Waals surface area contributed by atoms with Crippen LogP contribution in [-0.2, 0) is 10.8 Å². The first-order valence-corrected chi connectivity index (χ1v) is 23.4. The molecule has 2 heterocycles. The number of hydrogen-bond donors (Lipinski definition) is 0. The van der Waals surface area contributed by atoms with E-state index < -0.39 is 0 Å². The Balaban J connectivity index is 1.01. The van der Waals surface area contributed by atoms with Crippen LogP contribution in [0.15, 0.2) is 108 Å². The lowest BCUT2D eigenvalue weighted by atomic mass is 9.52. The Hall–Kier alpha value is -6.11. The van der Waals surface area contributed by atoms with E-state index in [1.54, 1.807) is 35.4 Å². The predicted molar refractivity (Wildman–Crippen MR) is 251 cm³/mol. The second-order valence-electron chi connectivity index (χ2n) is 20.9. The molecule has 6 heteroatoms. The first-order chi connectivity index (χ1) is 30.5. The second-order valence-corrected chi connectivity index (χ2v) is 20.9. The van der Waals surface area contributed by atoms with Crippen LogP contribution in [0.4, 0.5) is 0 Å². The van der Waals surface area contributed by atoms with Crippen LogP contribution >= 0.6 is 0 Å². The van der Waals surface area contributed by atoms with Gasteiger partial charge in [-0.3, -0.25) is 0 Å². The minimum atomic E-state index is 0.246. The molecule has 7 aromatic rings. The molecule has 0 radical (unpaired) electrons. The van der Waals surface area contributed by atoms with Crippen LogP contribution in [0.25, 0.3) is 67.2 Å². The molecular weight excluding hydrogens is 771 g/mol. The second kappa shape index (κ2) is 15.3. The van der Waals surface area contributed by atoms with E-state index in [1.165, 1.54) is 75.3 Å². The molecule has 4 aliphatic carbocycles. The molecule has 4 bridgehead atoms. The van der Waals surface area contributed by atoms with E-state index >= 15 is 0 Å². The number of nitriles is 2. The highest BCUT2D eigenvalue weighted by Gasteiger charge is 2.48. The van der Waals surface area contributed by atoms with Gasteiger partial charge in [-0.1, -0.05) is 58.0 Å². The summed E-state index contributed by atoms with van der Waals surface area (Å²) in [6.07, 6.45) is 13.4. The molecule has 4 fully saturated rings. The number of furan rings is 1. The maximum atomic E-state index is 9.43. The molecule has 6 nitrogen and oxygen atoms in total. The monoisotopic (exact) mass is 825 g/mol. The van der Waals surface area contributed by atoms with Crippen molar-refractivity contribution in [3.8, 4) is 57.4 Å². The van der Waals surface area contributed by atoms with E-state index in [9.17, 15) is 10.5 Å². The summed E-state index contributed by atoms with van der Waals surface area (Å²) in [7, 11) is 0. The van der Waals surface area contributed by atoms with Gasteiger partial charge < -0.3 is 4.42 Å². The largest absolute Gasteiger partial charge is 0.456 e. The maximum absolute atomic E-state index is 9.43. The Kier molecular flexibility index (Phi) is 9.65. The van der Waals surface area contributed by atoms with Crippen molar-refractivity contribution in [3.63, 3.8) is 0 Å². The maximum Gasteiger partial charge on any atom is 0.164 e. The molecule has 0 aliphatic heterocycles. The van der Waals surface area contributed by atoms with Crippen LogP contribution in [0.2, 0.25) is 0 Å². The van der Waals surface area contributed by atoms with E-state index in [0.717, 1.165) is 74.1 Å². The standard InChI is InChI=1S/C57H55N5O/c1-34-17-40-18-35(2)27-56(26-34,30-40)47-21-46(22-48(25-47)57-28-36(3)19-41(31-57)20-37(4)29-57)44-13-15-49-50-16-14-45(24-52(50)63-51(49)23-44)55-61-53(42-9-5-38(32-58)6-10-42)60-54(62-55)43-11-7-39(33-59)8-12-43/h5-16,21-25,34-37,40-41H,17-20,26-31H2,1-4H3/t34-,35+,36-,37+,40-,41-,56?,57?. The smallest absolute Gasteiger partial charge is 0.164 e. The highest BCUT2D eigenvalue weighted by molar-refractivity contribution is 6.06. The molecule has 0 saturated heterocycles. The van der Waals surface area contributed by atoms with Crippen molar-refractivity contribution in [1.29, 1.82) is 10.5 Å². The van der Waals surface area contributed by atoms with Crippen molar-refractivity contribution in [2.45, 2.75) is 103 Å². The van der Waals surface area contributed by atoms with Gasteiger partial charge in [-0.25, -0.2) is 15.0 Å². The average molecular weight is 826 g/mol. The number of hydrogen-bond acceptors (Lipinski definition) is 6. The van der Waals surface area contributed by atoms with Crippen LogP contribution in [0.5, 0.6) is 0 Å². The van der Waals surface area contributed by atoms with Crippen molar-refractivity contribution in [2.24, 2.45) is 35.5 Å². The Labute approximate surface area is 371 Å². The molecule has 314 valence electrons. The highest BCUT2D eigenvalue weighted by Crippen LogP contribution is 2.58. The molecule has 0 amide bonds. The van der Waals surface area contributed by atoms with Crippen molar-refractivity contribution >= 4 is 21.9 Å². The average Bonchev–Trinajstić information content (AvgIpc) is 3.65. The molecule has 63 heavy (non-hydrogen) atoms. The van der Waals surface area contributed by atoms with E-state index in [0.29, 0.717) is 28.6 Å². The van der Waals surface area contributed by atoms with Crippen molar-refractivity contribution in [1.82, 2.24) is 15.0 Å². The molecule has 5 aromatic carbocycles. The molecule has 0 spiro atoms. The van der Waals surface area contributed by atoms with Crippen molar-refractivity contribution in [2.75, 3.05) is 0 Å². The zero-order valence-electron chi connectivity index (χ0n) is 37.0. The summed E-state index contributed by atoms with van der Waals surface area (Å²) in [6.45, 7) is 10.1. The van der Waals surface area contributed by atoms with Gasteiger partial charge >= 0.3 is 0 Å². The van der Waals surface area contributed by atoms with E-state index in [4.69, 9.17) is 19.4 Å². The lowest BCUT2D eigenvalue weighted by molar-refractivity contribution is 0.0738. The first-order valence-electron chi connectivity index (χ1n) is 23.4. The van der Waals surface area contributed by atoms with Gasteiger partial charge in [0.05, 0.1) is 23.3 Å². The zero-order chi connectivity index (χ0) is 43.0. The Morgan fingerprint density at radius 2 is 0.825 bits per heavy atom. The van der Waals surface area contributed by atoms with Crippen LogP contribution in [0.3, 0.4) is 0 Å². The Morgan fingerprint density at radius 1 is 0.444 bits per heavy atom. The minimum absolute atomic E-state index is 0.246. The number of rotatable bonds is 6. The lowest BCUT2D eigenvalue weighted by Gasteiger charge is -2.52. The number of fused-ring (bicyclic) bond motifs is 7. The fourth-order valence-electron chi connectivity index (χ4n) is 13.8. The summed E-state index contributed by atoms with van der Waals surface area (Å²) in [5.41, 5.74) is 11.4. The van der Waals surface area contributed by atoms with Gasteiger partial charge in [0.15, 0.2) is 17.5 Å². The fourth-order valence-corrected chi connectivity index (χ4v) is 13.8. The highest BCUT2D eigenvalue weighted by atomic mass is 16.3. The molecule has 2 unspecified atom stereocenters. The van der Waals surface area contributed by atoms with E-state index in [1.807, 2.05) is 30.3 Å². The van der Waals surface area contributed by atoms with Gasteiger partial charge in [-0.05, 0) is 206 Å². The quantitative estimate of drug-likeness (QED) is 0.166. The van der Waals surface area contributed by atoms with E-state index in [2.05, 4.69) is 88.4 Å². The van der Waals surface area contributed by atoms with Crippen LogP contribution in [0.1, 0.15) is 114 Å². The summed E-state index contributed by atoms with van der Waals surface area (Å²) in [5.74, 6) is 6.21. The zero-order valence-corrected chi connectivity index (χ0v) is 37.0. The number of aromatic nitrogens is 3. The summed E-state index contributed by atoms with van der Waals surface area (Å²) in [5, 5.41) is 21.0. The fraction of sp³-hybridized carbons (Fsp3) is 0.386. The summed E-state index contributed by atoms with van der Waals surface area (Å²) in [6, 6.07) is 40.0. The predicted octanol–water partition coefficient (Wildman–Crippen LogP) is 14.4. The molecule has 4 aliphatic rings. The van der Waals surface area contributed by atoms with Gasteiger partial charge in [0.25, 0.3) is 0 Å². The minimum Gasteiger partial charge on any atom is -0.456 e. The van der Waals surface area contributed by atoms with Gasteiger partial charge in [0.2, 0.25) is 0 Å². The molecule has 8 atom stereocenters. The molecule has 11 rings (SSSR count). The normalized spacial score (nSPS) is 27.8. The molecule has 0 N–H and O–H groups in total. The molecule has 4 saturated carbocycles. The topological polar surface area (TPSA) is 99.4 Å². The number of benzene rings is 5. The third-order valence-corrected chi connectivity index (χ3v) is 15.7. The third-order valence-electron chi connectivity index (χ3n) is 15.7. The van der Waals surface area contributed by atoms with Crippen LogP contribution < -0.4 is 0 Å². The summed E-state index contributed by atoms with van der Waals surface area (Å²) in [4.78, 5) is 14.8. The first kappa shape index (κ1) is 39.7. The van der Waals surface area contributed by atoms with Gasteiger partial charge in [0.1, 0.15) is 11.2 Å².